The Kier molecular flexibility index (Phi) is 11.3. The Morgan fingerprint density at radius 2 is 1.00 bits per heavy atom. The third kappa shape index (κ3) is 7.63. The zero-order valence-corrected chi connectivity index (χ0v) is 26.1. The van der Waals surface area contributed by atoms with Crippen molar-refractivity contribution >= 4 is 0 Å². The SMILES string of the molecule is CCC1(COC2CCC(C3CCCCCCC3)C(OCC3(CC)COC3)CC(OCC3(CC)COC3)C2)COC1. The highest BCUT2D eigenvalue weighted by molar-refractivity contribution is 4.91. The van der Waals surface area contributed by atoms with Gasteiger partial charge in [0.05, 0.1) is 77.8 Å². The number of rotatable bonds is 13. The van der Waals surface area contributed by atoms with Gasteiger partial charge in [0, 0.05) is 22.7 Å². The molecule has 2 saturated carbocycles. The Hall–Kier alpha value is -0.240. The summed E-state index contributed by atoms with van der Waals surface area (Å²) in [6.45, 7) is 14.4. The highest BCUT2D eigenvalue weighted by Gasteiger charge is 2.43. The van der Waals surface area contributed by atoms with Crippen molar-refractivity contribution in [1.82, 2.24) is 0 Å². The molecule has 232 valence electrons. The minimum Gasteiger partial charge on any atom is -0.380 e. The van der Waals surface area contributed by atoms with Crippen LogP contribution in [-0.2, 0) is 28.4 Å². The fourth-order valence-electron chi connectivity index (χ4n) is 7.65. The Morgan fingerprint density at radius 1 is 0.525 bits per heavy atom. The maximum Gasteiger partial charge on any atom is 0.0630 e. The predicted octanol–water partition coefficient (Wildman–Crippen LogP) is 6.97. The van der Waals surface area contributed by atoms with Gasteiger partial charge >= 0.3 is 0 Å². The number of ether oxygens (including phenoxy) is 6. The molecule has 2 aliphatic carbocycles. The van der Waals surface area contributed by atoms with Gasteiger partial charge in [-0.3, -0.25) is 0 Å². The molecule has 40 heavy (non-hydrogen) atoms. The molecule has 4 atom stereocenters. The van der Waals surface area contributed by atoms with E-state index in [4.69, 9.17) is 28.4 Å². The van der Waals surface area contributed by atoms with Gasteiger partial charge in [-0.2, -0.15) is 0 Å². The normalized spacial score (nSPS) is 34.3. The smallest absolute Gasteiger partial charge is 0.0630 e. The van der Waals surface area contributed by atoms with Crippen LogP contribution in [0, 0.1) is 28.1 Å². The molecule has 0 amide bonds. The number of hydrogen-bond acceptors (Lipinski definition) is 6. The molecule has 5 rings (SSSR count). The van der Waals surface area contributed by atoms with Crippen LogP contribution in [0.15, 0.2) is 0 Å². The second-order valence-electron chi connectivity index (χ2n) is 14.6. The van der Waals surface area contributed by atoms with Gasteiger partial charge in [-0.05, 0) is 50.4 Å². The molecule has 0 N–H and O–H groups in total. The van der Waals surface area contributed by atoms with Gasteiger partial charge in [-0.15, -0.1) is 0 Å². The van der Waals surface area contributed by atoms with E-state index in [2.05, 4.69) is 20.8 Å². The van der Waals surface area contributed by atoms with Crippen molar-refractivity contribution in [3.63, 3.8) is 0 Å². The minimum absolute atomic E-state index is 0.167. The van der Waals surface area contributed by atoms with Gasteiger partial charge in [0.15, 0.2) is 0 Å². The highest BCUT2D eigenvalue weighted by atomic mass is 16.5. The van der Waals surface area contributed by atoms with E-state index < -0.39 is 0 Å². The molecule has 0 spiro atoms. The zero-order chi connectivity index (χ0) is 27.9. The van der Waals surface area contributed by atoms with Crippen LogP contribution in [0.3, 0.4) is 0 Å². The van der Waals surface area contributed by atoms with E-state index in [0.717, 1.165) is 104 Å². The Bertz CT molecular complexity index is 720. The Morgan fingerprint density at radius 3 is 1.48 bits per heavy atom. The van der Waals surface area contributed by atoms with Crippen LogP contribution >= 0.6 is 0 Å². The maximum absolute atomic E-state index is 7.03. The first-order chi connectivity index (χ1) is 19.5. The first-order valence-electron chi connectivity index (χ1n) is 17.1. The molecule has 5 fully saturated rings. The third-order valence-electron chi connectivity index (χ3n) is 11.6. The summed E-state index contributed by atoms with van der Waals surface area (Å²) in [4.78, 5) is 0. The summed E-state index contributed by atoms with van der Waals surface area (Å²) in [7, 11) is 0. The fourth-order valence-corrected chi connectivity index (χ4v) is 7.65. The maximum atomic E-state index is 7.03. The molecule has 6 heteroatoms. The topological polar surface area (TPSA) is 55.4 Å². The van der Waals surface area contributed by atoms with E-state index >= 15 is 0 Å². The highest BCUT2D eigenvalue weighted by Crippen LogP contribution is 2.42. The van der Waals surface area contributed by atoms with Gasteiger partial charge in [0.25, 0.3) is 0 Å². The summed E-state index contributed by atoms with van der Waals surface area (Å²) >= 11 is 0. The second kappa shape index (κ2) is 14.5. The van der Waals surface area contributed by atoms with Crippen molar-refractivity contribution in [2.24, 2.45) is 28.1 Å². The summed E-state index contributed by atoms with van der Waals surface area (Å²) in [6.07, 6.45) is 18.0. The fraction of sp³-hybridized carbons (Fsp3) is 1.00. The van der Waals surface area contributed by atoms with E-state index in [1.54, 1.807) is 0 Å². The lowest BCUT2D eigenvalue weighted by Gasteiger charge is -2.46. The van der Waals surface area contributed by atoms with Crippen LogP contribution in [0.25, 0.3) is 0 Å². The Balaban J connectivity index is 1.32. The van der Waals surface area contributed by atoms with Gasteiger partial charge in [-0.1, -0.05) is 65.7 Å². The molecular weight excluding hydrogens is 504 g/mol. The largest absolute Gasteiger partial charge is 0.380 e. The molecule has 5 aliphatic rings. The average molecular weight is 565 g/mol. The first kappa shape index (κ1) is 31.2. The van der Waals surface area contributed by atoms with Crippen molar-refractivity contribution in [1.29, 1.82) is 0 Å². The van der Waals surface area contributed by atoms with Crippen molar-refractivity contribution in [2.45, 2.75) is 129 Å². The van der Waals surface area contributed by atoms with Crippen LogP contribution in [0.4, 0.5) is 0 Å². The molecule has 0 bridgehead atoms. The molecule has 0 aromatic heterocycles. The molecule has 0 aromatic carbocycles. The van der Waals surface area contributed by atoms with Crippen LogP contribution in [0.1, 0.15) is 111 Å². The minimum atomic E-state index is 0.167. The van der Waals surface area contributed by atoms with Gasteiger partial charge in [0.2, 0.25) is 0 Å². The summed E-state index contributed by atoms with van der Waals surface area (Å²) in [5, 5.41) is 0. The lowest BCUT2D eigenvalue weighted by Crippen LogP contribution is -2.49. The first-order valence-corrected chi connectivity index (χ1v) is 17.1. The van der Waals surface area contributed by atoms with Crippen molar-refractivity contribution in [3.8, 4) is 0 Å². The van der Waals surface area contributed by atoms with Crippen molar-refractivity contribution in [3.05, 3.63) is 0 Å². The monoisotopic (exact) mass is 564 g/mol. The number of hydrogen-bond donors (Lipinski definition) is 0. The van der Waals surface area contributed by atoms with E-state index in [9.17, 15) is 0 Å². The Labute approximate surface area is 244 Å². The lowest BCUT2D eigenvalue weighted by molar-refractivity contribution is -0.193. The zero-order valence-electron chi connectivity index (χ0n) is 26.1. The quantitative estimate of drug-likeness (QED) is 0.241. The van der Waals surface area contributed by atoms with Crippen LogP contribution in [0.2, 0.25) is 0 Å². The average Bonchev–Trinajstić information content (AvgIpc) is 2.86. The molecule has 6 nitrogen and oxygen atoms in total. The summed E-state index contributed by atoms with van der Waals surface area (Å²) in [5.41, 5.74) is 0.627. The predicted molar refractivity (Wildman–Crippen MR) is 158 cm³/mol. The molecule has 3 heterocycles. The van der Waals surface area contributed by atoms with E-state index in [-0.39, 0.29) is 34.6 Å². The molecule has 3 aliphatic heterocycles. The second-order valence-corrected chi connectivity index (χ2v) is 14.6. The van der Waals surface area contributed by atoms with Crippen LogP contribution in [0.5, 0.6) is 0 Å². The molecule has 4 unspecified atom stereocenters. The van der Waals surface area contributed by atoms with E-state index in [0.29, 0.717) is 5.92 Å². The van der Waals surface area contributed by atoms with E-state index in [1.165, 1.54) is 51.4 Å². The third-order valence-corrected chi connectivity index (χ3v) is 11.6. The van der Waals surface area contributed by atoms with Gasteiger partial charge in [0.1, 0.15) is 0 Å². The molecule has 0 aromatic rings. The lowest BCUT2D eigenvalue weighted by atomic mass is 9.73. The summed E-state index contributed by atoms with van der Waals surface area (Å²) in [6, 6.07) is 0. The summed E-state index contributed by atoms with van der Waals surface area (Å²) < 4.78 is 37.6. The standard InChI is InChI=1S/C34H60O6/c1-4-32(18-35-19-32)24-38-28-14-15-30(27-12-10-8-7-9-11-13-27)31(40-26-34(6-3)22-37-23-34)17-29(16-28)39-25-33(5-2)20-36-21-33/h27-31H,4-26H2,1-3H3. The van der Waals surface area contributed by atoms with Crippen LogP contribution in [-0.4, -0.2) is 77.8 Å². The van der Waals surface area contributed by atoms with Gasteiger partial charge < -0.3 is 28.4 Å². The van der Waals surface area contributed by atoms with Crippen LogP contribution < -0.4 is 0 Å². The molecule has 3 saturated heterocycles. The van der Waals surface area contributed by atoms with E-state index in [1.807, 2.05) is 0 Å². The van der Waals surface area contributed by atoms with Gasteiger partial charge in [-0.25, -0.2) is 0 Å². The molecular formula is C34H60O6. The molecule has 0 radical (unpaired) electrons. The van der Waals surface area contributed by atoms with Crippen molar-refractivity contribution in [2.75, 3.05) is 59.5 Å². The summed E-state index contributed by atoms with van der Waals surface area (Å²) in [5.74, 6) is 1.34. The van der Waals surface area contributed by atoms with Crippen molar-refractivity contribution < 1.29 is 28.4 Å².